The lowest BCUT2D eigenvalue weighted by molar-refractivity contribution is -0.386. The summed E-state index contributed by atoms with van der Waals surface area (Å²) in [6.45, 7) is 1.94. The highest BCUT2D eigenvalue weighted by molar-refractivity contribution is 9.08. The lowest BCUT2D eigenvalue weighted by atomic mass is 10.2. The average Bonchev–Trinajstić information content (AvgIpc) is 2.69. The van der Waals surface area contributed by atoms with Crippen LogP contribution in [0.3, 0.4) is 0 Å². The molecular weight excluding hydrogens is 362 g/mol. The van der Waals surface area contributed by atoms with E-state index >= 15 is 0 Å². The van der Waals surface area contributed by atoms with E-state index in [4.69, 9.17) is 16.3 Å². The summed E-state index contributed by atoms with van der Waals surface area (Å²) in [7, 11) is 1.73. The molecule has 0 aliphatic rings. The molecule has 112 valence electrons. The molecule has 0 amide bonds. The normalized spacial score (nSPS) is 10.7. The van der Waals surface area contributed by atoms with Crippen molar-refractivity contribution in [2.45, 2.75) is 18.9 Å². The smallest absolute Gasteiger partial charge is 0.310 e. The quantitative estimate of drug-likeness (QED) is 0.454. The second kappa shape index (κ2) is 6.44. The fraction of sp³-hybridized carbons (Fsp3) is 0.308. The summed E-state index contributed by atoms with van der Waals surface area (Å²) in [5, 5.41) is 16.3. The highest BCUT2D eigenvalue weighted by atomic mass is 79.9. The number of nitro benzene ring substituents is 1. The van der Waals surface area contributed by atoms with Gasteiger partial charge in [0.25, 0.3) is 0 Å². The van der Waals surface area contributed by atoms with E-state index in [9.17, 15) is 10.1 Å². The first-order valence-electron chi connectivity index (χ1n) is 6.08. The first kappa shape index (κ1) is 15.8. The molecule has 0 spiro atoms. The Balaban J connectivity index is 2.28. The van der Waals surface area contributed by atoms with Crippen molar-refractivity contribution in [1.82, 2.24) is 9.78 Å². The maximum atomic E-state index is 11.0. The van der Waals surface area contributed by atoms with Gasteiger partial charge in [-0.2, -0.15) is 5.10 Å². The summed E-state index contributed by atoms with van der Waals surface area (Å²) in [5.74, 6) is 0.219. The molecule has 2 rings (SSSR count). The van der Waals surface area contributed by atoms with Crippen molar-refractivity contribution in [3.63, 3.8) is 0 Å². The molecule has 21 heavy (non-hydrogen) atoms. The molecule has 8 heteroatoms. The van der Waals surface area contributed by atoms with Gasteiger partial charge in [-0.05, 0) is 18.6 Å². The second-order valence-corrected chi connectivity index (χ2v) is 5.38. The average molecular weight is 375 g/mol. The van der Waals surface area contributed by atoms with Crippen LogP contribution >= 0.6 is 27.5 Å². The van der Waals surface area contributed by atoms with Gasteiger partial charge in [-0.1, -0.05) is 33.6 Å². The SMILES string of the molecule is Cc1nn(C)c(Cl)c1COc1cc(CBr)ccc1[N+](=O)[O-]. The van der Waals surface area contributed by atoms with Crippen molar-refractivity contribution >= 4 is 33.2 Å². The van der Waals surface area contributed by atoms with Gasteiger partial charge in [0, 0.05) is 24.0 Å². The van der Waals surface area contributed by atoms with Crippen molar-refractivity contribution in [2.24, 2.45) is 7.05 Å². The van der Waals surface area contributed by atoms with E-state index in [1.54, 1.807) is 23.9 Å². The van der Waals surface area contributed by atoms with Crippen LogP contribution in [0.4, 0.5) is 5.69 Å². The van der Waals surface area contributed by atoms with E-state index in [0.717, 1.165) is 16.8 Å². The summed E-state index contributed by atoms with van der Waals surface area (Å²) >= 11 is 9.44. The van der Waals surface area contributed by atoms with Gasteiger partial charge >= 0.3 is 5.69 Å². The highest BCUT2D eigenvalue weighted by Gasteiger charge is 2.18. The topological polar surface area (TPSA) is 70.2 Å². The van der Waals surface area contributed by atoms with Crippen LogP contribution in [-0.4, -0.2) is 14.7 Å². The van der Waals surface area contributed by atoms with Crippen molar-refractivity contribution in [2.75, 3.05) is 0 Å². The monoisotopic (exact) mass is 373 g/mol. The van der Waals surface area contributed by atoms with Crippen LogP contribution < -0.4 is 4.74 Å². The fourth-order valence-corrected chi connectivity index (χ4v) is 2.47. The van der Waals surface area contributed by atoms with Crippen molar-refractivity contribution in [1.29, 1.82) is 0 Å². The van der Waals surface area contributed by atoms with Crippen LogP contribution in [0, 0.1) is 17.0 Å². The van der Waals surface area contributed by atoms with Crippen molar-refractivity contribution < 1.29 is 9.66 Å². The summed E-state index contributed by atoms with van der Waals surface area (Å²) in [6, 6.07) is 4.76. The Kier molecular flexibility index (Phi) is 4.84. The first-order valence-corrected chi connectivity index (χ1v) is 7.58. The van der Waals surface area contributed by atoms with E-state index in [0.29, 0.717) is 10.5 Å². The molecule has 1 aromatic carbocycles. The standard InChI is InChI=1S/C13H13BrClN3O3/c1-8-10(13(15)17(2)16-8)7-21-12-5-9(6-14)3-4-11(12)18(19)20/h3-5H,6-7H2,1-2H3. The molecule has 0 atom stereocenters. The molecule has 6 nitrogen and oxygen atoms in total. The Morgan fingerprint density at radius 2 is 2.24 bits per heavy atom. The third-order valence-electron chi connectivity index (χ3n) is 3.02. The molecule has 0 aliphatic heterocycles. The maximum absolute atomic E-state index is 11.0. The van der Waals surface area contributed by atoms with Crippen molar-refractivity contribution in [3.8, 4) is 5.75 Å². The number of hydrogen-bond acceptors (Lipinski definition) is 4. The third-order valence-corrected chi connectivity index (χ3v) is 4.14. The molecule has 0 aliphatic carbocycles. The summed E-state index contributed by atoms with van der Waals surface area (Å²) in [5.41, 5.74) is 2.28. The maximum Gasteiger partial charge on any atom is 0.310 e. The lowest BCUT2D eigenvalue weighted by Crippen LogP contribution is -2.01. The minimum atomic E-state index is -0.467. The number of nitrogens with zero attached hydrogens (tertiary/aromatic N) is 3. The highest BCUT2D eigenvalue weighted by Crippen LogP contribution is 2.30. The largest absolute Gasteiger partial charge is 0.482 e. The van der Waals surface area contributed by atoms with Crippen LogP contribution in [0.5, 0.6) is 5.75 Å². The number of alkyl halides is 1. The van der Waals surface area contributed by atoms with E-state index in [-0.39, 0.29) is 18.0 Å². The van der Waals surface area contributed by atoms with Crippen LogP contribution in [0.2, 0.25) is 5.15 Å². The summed E-state index contributed by atoms with van der Waals surface area (Å²) < 4.78 is 7.14. The summed E-state index contributed by atoms with van der Waals surface area (Å²) in [4.78, 5) is 10.6. The van der Waals surface area contributed by atoms with Crippen LogP contribution in [-0.2, 0) is 19.0 Å². The molecular formula is C13H13BrClN3O3. The van der Waals surface area contributed by atoms with E-state index in [1.807, 2.05) is 6.92 Å². The molecule has 0 saturated heterocycles. The van der Waals surface area contributed by atoms with E-state index < -0.39 is 4.92 Å². The van der Waals surface area contributed by atoms with E-state index in [2.05, 4.69) is 21.0 Å². The number of aryl methyl sites for hydroxylation is 2. The Labute approximate surface area is 134 Å². The van der Waals surface area contributed by atoms with Gasteiger partial charge in [0.1, 0.15) is 11.8 Å². The number of benzene rings is 1. The number of halogens is 2. The number of rotatable bonds is 5. The third kappa shape index (κ3) is 3.36. The Hall–Kier alpha value is -1.60. The Bertz CT molecular complexity index is 688. The number of aromatic nitrogens is 2. The fourth-order valence-electron chi connectivity index (χ4n) is 1.90. The van der Waals surface area contributed by atoms with Gasteiger partial charge in [0.05, 0.1) is 10.6 Å². The number of hydrogen-bond donors (Lipinski definition) is 0. The van der Waals surface area contributed by atoms with Crippen LogP contribution in [0.15, 0.2) is 18.2 Å². The molecule has 0 bridgehead atoms. The van der Waals surface area contributed by atoms with Gasteiger partial charge in [0.15, 0.2) is 5.75 Å². The number of ether oxygens (including phenoxy) is 1. The van der Waals surface area contributed by atoms with Gasteiger partial charge in [-0.3, -0.25) is 14.8 Å². The second-order valence-electron chi connectivity index (χ2n) is 4.46. The Morgan fingerprint density at radius 1 is 1.52 bits per heavy atom. The first-order chi connectivity index (χ1) is 9.93. The molecule has 2 aromatic rings. The molecule has 1 aromatic heterocycles. The molecule has 0 unspecified atom stereocenters. The number of nitro groups is 1. The molecule has 0 fully saturated rings. The van der Waals surface area contributed by atoms with Crippen LogP contribution in [0.25, 0.3) is 0 Å². The molecule has 0 saturated carbocycles. The molecule has 0 radical (unpaired) electrons. The zero-order valence-electron chi connectivity index (χ0n) is 11.5. The molecule has 1 heterocycles. The predicted molar refractivity (Wildman–Crippen MR) is 83.0 cm³/mol. The Morgan fingerprint density at radius 3 is 2.76 bits per heavy atom. The zero-order valence-corrected chi connectivity index (χ0v) is 13.8. The van der Waals surface area contributed by atoms with E-state index in [1.165, 1.54) is 6.07 Å². The zero-order chi connectivity index (χ0) is 15.6. The minimum Gasteiger partial charge on any atom is -0.482 e. The van der Waals surface area contributed by atoms with Gasteiger partial charge in [0.2, 0.25) is 0 Å². The van der Waals surface area contributed by atoms with Gasteiger partial charge in [-0.15, -0.1) is 0 Å². The molecule has 0 N–H and O–H groups in total. The predicted octanol–water partition coefficient (Wildman–Crippen LogP) is 3.76. The van der Waals surface area contributed by atoms with Crippen LogP contribution in [0.1, 0.15) is 16.8 Å². The van der Waals surface area contributed by atoms with Gasteiger partial charge < -0.3 is 4.74 Å². The lowest BCUT2D eigenvalue weighted by Gasteiger charge is -2.08. The summed E-state index contributed by atoms with van der Waals surface area (Å²) in [6.07, 6.45) is 0. The van der Waals surface area contributed by atoms with Gasteiger partial charge in [-0.25, -0.2) is 0 Å². The van der Waals surface area contributed by atoms with Crippen molar-refractivity contribution in [3.05, 3.63) is 50.3 Å². The minimum absolute atomic E-state index is 0.0719.